The van der Waals surface area contributed by atoms with Crippen molar-refractivity contribution in [2.24, 2.45) is 7.05 Å². The average molecular weight is 237 g/mol. The van der Waals surface area contributed by atoms with Crippen LogP contribution in [0.4, 0.5) is 0 Å². The number of aromatic nitrogens is 1. The number of nitrogens with zero attached hydrogens (tertiary/aromatic N) is 1. The molecule has 88 valence electrons. The monoisotopic (exact) mass is 237 g/mol. The van der Waals surface area contributed by atoms with Crippen molar-refractivity contribution in [3.8, 4) is 0 Å². The summed E-state index contributed by atoms with van der Waals surface area (Å²) in [7, 11) is 1.95. The smallest absolute Gasteiger partial charge is 0.174 e. The maximum atomic E-state index is 11.9. The SMILES string of the molecule is Cn1ccc(C(=O)CSC2CCCCC2)c1. The summed E-state index contributed by atoms with van der Waals surface area (Å²) in [5.41, 5.74) is 0.853. The van der Waals surface area contributed by atoms with E-state index in [2.05, 4.69) is 0 Å². The Kier molecular flexibility index (Phi) is 4.10. The number of thioether (sulfide) groups is 1. The summed E-state index contributed by atoms with van der Waals surface area (Å²) in [6.07, 6.45) is 10.5. The fraction of sp³-hybridized carbons (Fsp3) is 0.615. The van der Waals surface area contributed by atoms with Gasteiger partial charge in [0.2, 0.25) is 0 Å². The lowest BCUT2D eigenvalue weighted by Crippen LogP contribution is -2.12. The van der Waals surface area contributed by atoms with Crippen LogP contribution in [0, 0.1) is 0 Å². The minimum absolute atomic E-state index is 0.274. The number of ketones is 1. The normalized spacial score (nSPS) is 17.6. The molecule has 0 amide bonds. The van der Waals surface area contributed by atoms with Gasteiger partial charge >= 0.3 is 0 Å². The van der Waals surface area contributed by atoms with E-state index in [0.29, 0.717) is 5.75 Å². The molecule has 0 atom stereocenters. The van der Waals surface area contributed by atoms with Gasteiger partial charge in [0, 0.05) is 30.3 Å². The maximum absolute atomic E-state index is 11.9. The molecular weight excluding hydrogens is 218 g/mol. The standard InChI is InChI=1S/C13H19NOS/c1-14-8-7-11(9-14)13(15)10-16-12-5-3-2-4-6-12/h7-9,12H,2-6,10H2,1H3. The van der Waals surface area contributed by atoms with E-state index in [9.17, 15) is 4.79 Å². The molecule has 0 aliphatic heterocycles. The zero-order valence-electron chi connectivity index (χ0n) is 9.82. The van der Waals surface area contributed by atoms with E-state index in [1.807, 2.05) is 41.8 Å². The van der Waals surface area contributed by atoms with Crippen LogP contribution in [-0.2, 0) is 7.05 Å². The van der Waals surface area contributed by atoms with Gasteiger partial charge in [0.1, 0.15) is 0 Å². The number of aryl methyl sites for hydroxylation is 1. The summed E-state index contributed by atoms with van der Waals surface area (Å²) in [6, 6.07) is 1.91. The van der Waals surface area contributed by atoms with Crippen LogP contribution in [0.2, 0.25) is 0 Å². The molecule has 1 fully saturated rings. The first kappa shape index (κ1) is 11.8. The van der Waals surface area contributed by atoms with Crippen LogP contribution in [0.15, 0.2) is 18.5 Å². The fourth-order valence-electron chi connectivity index (χ4n) is 2.18. The third-order valence-electron chi connectivity index (χ3n) is 3.16. The first-order chi connectivity index (χ1) is 7.75. The van der Waals surface area contributed by atoms with Crippen molar-refractivity contribution in [3.05, 3.63) is 24.0 Å². The van der Waals surface area contributed by atoms with Gasteiger partial charge in [-0.25, -0.2) is 0 Å². The van der Waals surface area contributed by atoms with Crippen LogP contribution in [0.3, 0.4) is 0 Å². The zero-order chi connectivity index (χ0) is 11.4. The number of hydrogen-bond donors (Lipinski definition) is 0. The highest BCUT2D eigenvalue weighted by Crippen LogP contribution is 2.28. The van der Waals surface area contributed by atoms with Crippen molar-refractivity contribution < 1.29 is 4.79 Å². The highest BCUT2D eigenvalue weighted by atomic mass is 32.2. The molecule has 1 aromatic rings. The lowest BCUT2D eigenvalue weighted by atomic mass is 10.0. The number of carbonyl (C=O) groups is 1. The Balaban J connectivity index is 1.79. The number of hydrogen-bond acceptors (Lipinski definition) is 2. The van der Waals surface area contributed by atoms with Gasteiger partial charge in [-0.1, -0.05) is 19.3 Å². The molecule has 0 spiro atoms. The van der Waals surface area contributed by atoms with Gasteiger partial charge in [0.15, 0.2) is 5.78 Å². The van der Waals surface area contributed by atoms with E-state index < -0.39 is 0 Å². The predicted octanol–water partition coefficient (Wildman–Crippen LogP) is 3.27. The molecule has 1 saturated carbocycles. The van der Waals surface area contributed by atoms with E-state index in [-0.39, 0.29) is 5.78 Å². The van der Waals surface area contributed by atoms with Crippen molar-refractivity contribution in [1.82, 2.24) is 4.57 Å². The Morgan fingerprint density at radius 2 is 2.19 bits per heavy atom. The van der Waals surface area contributed by atoms with E-state index >= 15 is 0 Å². The Bertz CT molecular complexity index is 353. The molecule has 1 aliphatic rings. The average Bonchev–Trinajstić information content (AvgIpc) is 2.74. The van der Waals surface area contributed by atoms with Crippen molar-refractivity contribution in [2.75, 3.05) is 5.75 Å². The van der Waals surface area contributed by atoms with Crippen LogP contribution >= 0.6 is 11.8 Å². The van der Waals surface area contributed by atoms with Crippen LogP contribution < -0.4 is 0 Å². The van der Waals surface area contributed by atoms with Gasteiger partial charge in [-0.3, -0.25) is 4.79 Å². The molecule has 3 heteroatoms. The minimum Gasteiger partial charge on any atom is -0.357 e. The number of Topliss-reactive ketones (excluding diaryl/α,β-unsaturated/α-hetero) is 1. The largest absolute Gasteiger partial charge is 0.357 e. The fourth-order valence-corrected chi connectivity index (χ4v) is 3.40. The first-order valence-corrected chi connectivity index (χ1v) is 7.07. The molecule has 1 aliphatic carbocycles. The summed E-state index contributed by atoms with van der Waals surface area (Å²) < 4.78 is 1.93. The van der Waals surface area contributed by atoms with Gasteiger partial charge in [-0.2, -0.15) is 11.8 Å². The molecule has 0 aromatic carbocycles. The molecule has 0 radical (unpaired) electrons. The predicted molar refractivity (Wildman–Crippen MR) is 69.1 cm³/mol. The Labute approximate surface area is 101 Å². The summed E-state index contributed by atoms with van der Waals surface area (Å²) in [5.74, 6) is 0.922. The molecule has 2 rings (SSSR count). The molecule has 2 nitrogen and oxygen atoms in total. The van der Waals surface area contributed by atoms with Crippen molar-refractivity contribution in [1.29, 1.82) is 0 Å². The van der Waals surface area contributed by atoms with Gasteiger partial charge < -0.3 is 4.57 Å². The summed E-state index contributed by atoms with van der Waals surface area (Å²) in [6.45, 7) is 0. The molecule has 1 heterocycles. The molecule has 16 heavy (non-hydrogen) atoms. The van der Waals surface area contributed by atoms with Gasteiger partial charge in [-0.05, 0) is 18.9 Å². The van der Waals surface area contributed by atoms with Crippen LogP contribution in [0.5, 0.6) is 0 Å². The van der Waals surface area contributed by atoms with Crippen molar-refractivity contribution in [2.45, 2.75) is 37.4 Å². The summed E-state index contributed by atoms with van der Waals surface area (Å²) in [4.78, 5) is 11.9. The molecule has 0 unspecified atom stereocenters. The first-order valence-electron chi connectivity index (χ1n) is 6.02. The second kappa shape index (κ2) is 5.58. The highest BCUT2D eigenvalue weighted by Gasteiger charge is 2.16. The highest BCUT2D eigenvalue weighted by molar-refractivity contribution is 8.00. The van der Waals surface area contributed by atoms with Gasteiger partial charge in [0.05, 0.1) is 5.75 Å². The number of carbonyl (C=O) groups excluding carboxylic acids is 1. The third kappa shape index (κ3) is 3.14. The lowest BCUT2D eigenvalue weighted by Gasteiger charge is -2.20. The van der Waals surface area contributed by atoms with Crippen LogP contribution in [0.25, 0.3) is 0 Å². The Hall–Kier alpha value is -0.700. The maximum Gasteiger partial charge on any atom is 0.174 e. The van der Waals surface area contributed by atoms with E-state index in [0.717, 1.165) is 10.8 Å². The Morgan fingerprint density at radius 1 is 1.44 bits per heavy atom. The molecule has 0 N–H and O–H groups in total. The molecule has 0 bridgehead atoms. The molecule has 1 aromatic heterocycles. The minimum atomic E-state index is 0.274. The quantitative estimate of drug-likeness (QED) is 0.750. The third-order valence-corrected chi connectivity index (χ3v) is 4.53. The summed E-state index contributed by atoms with van der Waals surface area (Å²) in [5, 5.41) is 0.724. The second-order valence-corrected chi connectivity index (χ2v) is 5.85. The second-order valence-electron chi connectivity index (χ2n) is 4.56. The van der Waals surface area contributed by atoms with E-state index in [1.54, 1.807) is 0 Å². The van der Waals surface area contributed by atoms with E-state index in [1.165, 1.54) is 32.1 Å². The number of rotatable bonds is 4. The zero-order valence-corrected chi connectivity index (χ0v) is 10.6. The summed E-state index contributed by atoms with van der Waals surface area (Å²) >= 11 is 1.85. The van der Waals surface area contributed by atoms with Gasteiger partial charge in [-0.15, -0.1) is 0 Å². The van der Waals surface area contributed by atoms with Crippen LogP contribution in [0.1, 0.15) is 42.5 Å². The van der Waals surface area contributed by atoms with Crippen LogP contribution in [-0.4, -0.2) is 21.4 Å². The van der Waals surface area contributed by atoms with Crippen molar-refractivity contribution >= 4 is 17.5 Å². The van der Waals surface area contributed by atoms with Crippen molar-refractivity contribution in [3.63, 3.8) is 0 Å². The topological polar surface area (TPSA) is 22.0 Å². The lowest BCUT2D eigenvalue weighted by molar-refractivity contribution is 0.102. The van der Waals surface area contributed by atoms with Gasteiger partial charge in [0.25, 0.3) is 0 Å². The Morgan fingerprint density at radius 3 is 2.81 bits per heavy atom. The molecular formula is C13H19NOS. The van der Waals surface area contributed by atoms with E-state index in [4.69, 9.17) is 0 Å². The molecule has 0 saturated heterocycles.